The van der Waals surface area contributed by atoms with Gasteiger partial charge in [-0.3, -0.25) is 4.90 Å². The van der Waals surface area contributed by atoms with Crippen LogP contribution < -0.4 is 5.73 Å². The Balaban J connectivity index is 1.97. The molecule has 78 valence electrons. The number of nitrogens with zero attached hydrogens (tertiary/aromatic N) is 2. The lowest BCUT2D eigenvalue weighted by molar-refractivity contribution is 0.0396. The number of hydrogen-bond acceptors (Lipinski definition) is 3. The molecule has 14 heavy (non-hydrogen) atoms. The molecule has 2 heterocycles. The highest BCUT2D eigenvalue weighted by Crippen LogP contribution is 2.35. The van der Waals surface area contributed by atoms with Crippen LogP contribution in [0.15, 0.2) is 0 Å². The summed E-state index contributed by atoms with van der Waals surface area (Å²) < 4.78 is 0. The molecule has 1 atom stereocenters. The number of rotatable bonds is 2. The van der Waals surface area contributed by atoms with E-state index in [4.69, 9.17) is 11.0 Å². The Morgan fingerprint density at radius 2 is 2.07 bits per heavy atom. The van der Waals surface area contributed by atoms with Gasteiger partial charge in [-0.25, -0.2) is 0 Å². The molecular weight excluding hydrogens is 174 g/mol. The van der Waals surface area contributed by atoms with Gasteiger partial charge in [-0.15, -0.1) is 0 Å². The van der Waals surface area contributed by atoms with Crippen LogP contribution >= 0.6 is 0 Å². The summed E-state index contributed by atoms with van der Waals surface area (Å²) in [6.07, 6.45) is 5.39. The number of fused-ring (bicyclic) bond motifs is 3. The van der Waals surface area contributed by atoms with Crippen LogP contribution in [0.3, 0.4) is 0 Å². The van der Waals surface area contributed by atoms with Gasteiger partial charge in [0.25, 0.3) is 0 Å². The van der Waals surface area contributed by atoms with Crippen LogP contribution in [0.25, 0.3) is 0 Å². The topological polar surface area (TPSA) is 53.1 Å². The second-order valence-electron chi connectivity index (χ2n) is 5.13. The molecule has 3 nitrogen and oxygen atoms in total. The maximum Gasteiger partial charge on any atom is 0.114 e. The molecule has 3 rings (SSSR count). The van der Waals surface area contributed by atoms with Crippen molar-refractivity contribution in [3.8, 4) is 6.07 Å². The molecule has 0 radical (unpaired) electrons. The first-order valence-corrected chi connectivity index (χ1v) is 5.55. The van der Waals surface area contributed by atoms with E-state index in [1.54, 1.807) is 0 Å². The van der Waals surface area contributed by atoms with Gasteiger partial charge in [-0.05, 0) is 38.5 Å². The Morgan fingerprint density at radius 1 is 1.43 bits per heavy atom. The van der Waals surface area contributed by atoms with E-state index >= 15 is 0 Å². The molecule has 1 saturated carbocycles. The van der Waals surface area contributed by atoms with Crippen LogP contribution in [-0.2, 0) is 0 Å². The lowest BCUT2D eigenvalue weighted by Gasteiger charge is -2.46. The highest BCUT2D eigenvalue weighted by Gasteiger charge is 2.36. The Hall–Kier alpha value is -0.590. The number of hydrogen-bond donors (Lipinski definition) is 1. The summed E-state index contributed by atoms with van der Waals surface area (Å²) in [5.41, 5.74) is 5.21. The number of piperidine rings is 2. The summed E-state index contributed by atoms with van der Waals surface area (Å²) in [5.74, 6) is 0.870. The molecule has 1 unspecified atom stereocenters. The Kier molecular flexibility index (Phi) is 2.50. The van der Waals surface area contributed by atoms with E-state index in [9.17, 15) is 0 Å². The number of nitriles is 1. The molecule has 0 aromatic heterocycles. The Bertz CT molecular complexity index is 246. The van der Waals surface area contributed by atoms with Gasteiger partial charge >= 0.3 is 0 Å². The molecule has 2 saturated heterocycles. The normalized spacial score (nSPS) is 36.4. The highest BCUT2D eigenvalue weighted by molar-refractivity contribution is 5.05. The van der Waals surface area contributed by atoms with E-state index in [1.165, 1.54) is 32.2 Å². The lowest BCUT2D eigenvalue weighted by Crippen LogP contribution is -2.55. The largest absolute Gasteiger partial charge is 0.313 e. The van der Waals surface area contributed by atoms with Crippen molar-refractivity contribution >= 4 is 0 Å². The van der Waals surface area contributed by atoms with E-state index in [0.29, 0.717) is 6.04 Å². The average molecular weight is 193 g/mol. The smallest absolute Gasteiger partial charge is 0.114 e. The summed E-state index contributed by atoms with van der Waals surface area (Å²) in [4.78, 5) is 2.43. The second kappa shape index (κ2) is 3.52. The van der Waals surface area contributed by atoms with Crippen LogP contribution in [0.1, 0.15) is 32.6 Å². The van der Waals surface area contributed by atoms with Crippen molar-refractivity contribution in [2.45, 2.75) is 44.2 Å². The quantitative estimate of drug-likeness (QED) is 0.714. The monoisotopic (exact) mass is 193 g/mol. The fraction of sp³-hybridized carbons (Fsp3) is 0.909. The standard InChI is InChI=1S/C11H19N3/c1-11(13,7-12)8-14-6-9-2-4-10(14)5-3-9/h9-10H,2-6,8,13H2,1H3. The van der Waals surface area contributed by atoms with E-state index in [-0.39, 0.29) is 0 Å². The minimum Gasteiger partial charge on any atom is -0.313 e. The van der Waals surface area contributed by atoms with Gasteiger partial charge in [0.1, 0.15) is 5.54 Å². The maximum absolute atomic E-state index is 8.89. The molecule has 2 aliphatic heterocycles. The minimum absolute atomic E-state index is 0.669. The van der Waals surface area contributed by atoms with Crippen molar-refractivity contribution in [1.82, 2.24) is 4.90 Å². The number of nitrogens with two attached hydrogens (primary N) is 1. The molecule has 0 aromatic rings. The van der Waals surface area contributed by atoms with Crippen molar-refractivity contribution in [3.63, 3.8) is 0 Å². The molecule has 3 aliphatic rings. The minimum atomic E-state index is -0.669. The summed E-state index contributed by atoms with van der Waals surface area (Å²) in [6, 6.07) is 2.89. The van der Waals surface area contributed by atoms with Crippen LogP contribution in [-0.4, -0.2) is 29.6 Å². The zero-order chi connectivity index (χ0) is 10.2. The van der Waals surface area contributed by atoms with Gasteiger partial charge in [0, 0.05) is 19.1 Å². The van der Waals surface area contributed by atoms with Gasteiger partial charge in [0.15, 0.2) is 0 Å². The summed E-state index contributed by atoms with van der Waals surface area (Å²) in [7, 11) is 0. The van der Waals surface area contributed by atoms with E-state index in [0.717, 1.165) is 12.5 Å². The molecule has 2 bridgehead atoms. The lowest BCUT2D eigenvalue weighted by atomic mass is 9.79. The highest BCUT2D eigenvalue weighted by atomic mass is 15.2. The van der Waals surface area contributed by atoms with Crippen molar-refractivity contribution in [2.24, 2.45) is 11.7 Å². The fourth-order valence-electron chi connectivity index (χ4n) is 2.82. The molecule has 3 heteroatoms. The summed E-state index contributed by atoms with van der Waals surface area (Å²) in [6.45, 7) is 3.74. The first kappa shape index (κ1) is 9.95. The van der Waals surface area contributed by atoms with Crippen molar-refractivity contribution in [1.29, 1.82) is 5.26 Å². The first-order valence-electron chi connectivity index (χ1n) is 5.55. The fourth-order valence-corrected chi connectivity index (χ4v) is 2.82. The van der Waals surface area contributed by atoms with Gasteiger partial charge in [-0.2, -0.15) is 5.26 Å². The molecule has 2 N–H and O–H groups in total. The SMILES string of the molecule is CC(N)(C#N)CN1CC2CCC1CC2. The van der Waals surface area contributed by atoms with Crippen LogP contribution in [0, 0.1) is 17.2 Å². The third-order valence-electron chi connectivity index (χ3n) is 3.61. The molecule has 3 fully saturated rings. The van der Waals surface area contributed by atoms with E-state index in [1.807, 2.05) is 6.92 Å². The van der Waals surface area contributed by atoms with Gasteiger partial charge in [0.2, 0.25) is 0 Å². The summed E-state index contributed by atoms with van der Waals surface area (Å²) >= 11 is 0. The Morgan fingerprint density at radius 3 is 2.50 bits per heavy atom. The van der Waals surface area contributed by atoms with Crippen LogP contribution in [0.4, 0.5) is 0 Å². The summed E-state index contributed by atoms with van der Waals surface area (Å²) in [5, 5.41) is 8.89. The molecular formula is C11H19N3. The zero-order valence-corrected chi connectivity index (χ0v) is 8.87. The maximum atomic E-state index is 8.89. The van der Waals surface area contributed by atoms with Crippen molar-refractivity contribution < 1.29 is 0 Å². The van der Waals surface area contributed by atoms with Gasteiger partial charge in [0.05, 0.1) is 6.07 Å². The van der Waals surface area contributed by atoms with Crippen LogP contribution in [0.5, 0.6) is 0 Å². The third-order valence-corrected chi connectivity index (χ3v) is 3.61. The van der Waals surface area contributed by atoms with Crippen molar-refractivity contribution in [2.75, 3.05) is 13.1 Å². The molecule has 0 aromatic carbocycles. The molecule has 0 spiro atoms. The van der Waals surface area contributed by atoms with Gasteiger partial charge in [-0.1, -0.05) is 0 Å². The van der Waals surface area contributed by atoms with E-state index in [2.05, 4.69) is 11.0 Å². The van der Waals surface area contributed by atoms with Crippen LogP contribution in [0.2, 0.25) is 0 Å². The predicted molar refractivity (Wildman–Crippen MR) is 55.5 cm³/mol. The predicted octanol–water partition coefficient (Wildman–Crippen LogP) is 1.10. The first-order chi connectivity index (χ1) is 6.61. The van der Waals surface area contributed by atoms with Gasteiger partial charge < -0.3 is 5.73 Å². The van der Waals surface area contributed by atoms with E-state index < -0.39 is 5.54 Å². The molecule has 1 aliphatic carbocycles. The molecule has 0 amide bonds. The van der Waals surface area contributed by atoms with Crippen molar-refractivity contribution in [3.05, 3.63) is 0 Å². The third kappa shape index (κ3) is 1.92. The Labute approximate surface area is 85.9 Å². The zero-order valence-electron chi connectivity index (χ0n) is 8.87. The average Bonchev–Trinajstić information content (AvgIpc) is 2.19. The second-order valence-corrected chi connectivity index (χ2v) is 5.13.